The van der Waals surface area contributed by atoms with Crippen LogP contribution >= 0.6 is 0 Å². The minimum atomic E-state index is -0.156. The van der Waals surface area contributed by atoms with Crippen LogP contribution in [0, 0.1) is 6.92 Å². The maximum Gasteiger partial charge on any atom is 0.333 e. The van der Waals surface area contributed by atoms with Gasteiger partial charge in [-0.1, -0.05) is 105 Å². The second-order valence-corrected chi connectivity index (χ2v) is 14.2. The monoisotopic (exact) mass is 614 g/mol. The maximum absolute atomic E-state index is 6.50. The summed E-state index contributed by atoms with van der Waals surface area (Å²) in [5, 5.41) is 4.79. The molecule has 8 aromatic rings. The summed E-state index contributed by atoms with van der Waals surface area (Å²) in [6.45, 7) is 6.97. The summed E-state index contributed by atoms with van der Waals surface area (Å²) >= 11 is 0. The van der Waals surface area contributed by atoms with E-state index in [1.165, 1.54) is 72.3 Å². The van der Waals surface area contributed by atoms with E-state index in [0.717, 1.165) is 27.6 Å². The fraction of sp³-hybridized carbons (Fsp3) is 0.0909. The first-order valence-electron chi connectivity index (χ1n) is 16.9. The normalized spacial score (nSPS) is 15.0. The van der Waals surface area contributed by atoms with E-state index in [2.05, 4.69) is 164 Å². The van der Waals surface area contributed by atoms with Gasteiger partial charge in [0.25, 0.3) is 0 Å². The SMILES string of the molecule is Cc1cc2c3c(c1)N1c4ccccc4C(C)(C)c4cccc(c41)B3N(c1cccc3oc4ccccc4c13)c1cc3ccccc3cc1-2. The van der Waals surface area contributed by atoms with E-state index < -0.39 is 0 Å². The lowest BCUT2D eigenvalue weighted by Gasteiger charge is -2.50. The second kappa shape index (κ2) is 8.99. The third-order valence-corrected chi connectivity index (χ3v) is 11.2. The molecule has 48 heavy (non-hydrogen) atoms. The van der Waals surface area contributed by atoms with Crippen molar-refractivity contribution in [3.63, 3.8) is 0 Å². The van der Waals surface area contributed by atoms with E-state index in [-0.39, 0.29) is 12.3 Å². The van der Waals surface area contributed by atoms with Crippen molar-refractivity contribution >= 4 is 78.9 Å². The van der Waals surface area contributed by atoms with Crippen molar-refractivity contribution in [1.29, 1.82) is 0 Å². The molecule has 0 fully saturated rings. The topological polar surface area (TPSA) is 19.6 Å². The summed E-state index contributed by atoms with van der Waals surface area (Å²) in [4.78, 5) is 5.21. The fourth-order valence-corrected chi connectivity index (χ4v) is 9.15. The zero-order valence-corrected chi connectivity index (χ0v) is 27.1. The van der Waals surface area contributed by atoms with Gasteiger partial charge in [-0.05, 0) is 93.3 Å². The first-order chi connectivity index (χ1) is 23.5. The summed E-state index contributed by atoms with van der Waals surface area (Å²) in [7, 11) is 0. The van der Waals surface area contributed by atoms with Crippen molar-refractivity contribution in [2.45, 2.75) is 26.2 Å². The Morgan fingerprint density at radius 2 is 1.29 bits per heavy atom. The lowest BCUT2D eigenvalue weighted by molar-refractivity contribution is 0.632. The quantitative estimate of drug-likeness (QED) is 0.172. The van der Waals surface area contributed by atoms with Gasteiger partial charge < -0.3 is 14.1 Å². The lowest BCUT2D eigenvalue weighted by Crippen LogP contribution is -2.62. The Kier molecular flexibility index (Phi) is 4.93. The highest BCUT2D eigenvalue weighted by molar-refractivity contribution is 6.94. The Labute approximate surface area is 279 Å². The van der Waals surface area contributed by atoms with Gasteiger partial charge in [0.05, 0.1) is 11.1 Å². The molecule has 0 amide bonds. The van der Waals surface area contributed by atoms with E-state index in [1.54, 1.807) is 0 Å². The molecule has 0 bridgehead atoms. The van der Waals surface area contributed by atoms with Crippen LogP contribution in [0.2, 0.25) is 0 Å². The number of aryl methyl sites for hydroxylation is 1. The van der Waals surface area contributed by atoms with Gasteiger partial charge in [-0.25, -0.2) is 0 Å². The highest BCUT2D eigenvalue weighted by Gasteiger charge is 2.49. The van der Waals surface area contributed by atoms with Crippen molar-refractivity contribution < 1.29 is 4.42 Å². The number of para-hydroxylation sites is 3. The summed E-state index contributed by atoms with van der Waals surface area (Å²) in [6, 6.07) is 49.5. The zero-order chi connectivity index (χ0) is 31.9. The van der Waals surface area contributed by atoms with Crippen LogP contribution in [0.5, 0.6) is 0 Å². The molecular formula is C44H31BN2O. The minimum absolute atomic E-state index is 0.0456. The minimum Gasteiger partial charge on any atom is -0.456 e. The standard InChI is InChI=1S/C44H31BN2O/c1-26-22-31-30-24-27-12-4-5-13-28(27)25-37(30)47(36-19-11-21-40-41(36)29-14-6-9-20-39(29)48-40)45-34-17-10-16-33-43(34)46(38(23-26)42(31)45)35-18-8-7-15-32(35)44(33,2)3/h4-25H,1-3H3. The average Bonchev–Trinajstić information content (AvgIpc) is 3.49. The van der Waals surface area contributed by atoms with Crippen LogP contribution in [0.4, 0.5) is 28.4 Å². The Bertz CT molecular complexity index is 2700. The Hall–Kier alpha value is -5.74. The Morgan fingerprint density at radius 3 is 2.19 bits per heavy atom. The number of hydrogen-bond acceptors (Lipinski definition) is 3. The first-order valence-corrected chi connectivity index (χ1v) is 16.9. The molecule has 0 N–H and O–H groups in total. The van der Waals surface area contributed by atoms with Crippen molar-refractivity contribution in [3.8, 4) is 11.1 Å². The number of fused-ring (bicyclic) bond motifs is 10. The number of nitrogens with zero attached hydrogens (tertiary/aromatic N) is 2. The van der Waals surface area contributed by atoms with Crippen molar-refractivity contribution in [3.05, 3.63) is 150 Å². The summed E-state index contributed by atoms with van der Waals surface area (Å²) in [5.74, 6) is 0. The predicted octanol–water partition coefficient (Wildman–Crippen LogP) is 10.4. The molecule has 0 aliphatic carbocycles. The molecule has 4 heterocycles. The van der Waals surface area contributed by atoms with E-state index in [1.807, 2.05) is 0 Å². The molecule has 3 aliphatic rings. The molecule has 3 aliphatic heterocycles. The van der Waals surface area contributed by atoms with Crippen LogP contribution < -0.4 is 20.6 Å². The van der Waals surface area contributed by atoms with Crippen molar-refractivity contribution in [2.75, 3.05) is 9.71 Å². The number of anilines is 5. The largest absolute Gasteiger partial charge is 0.456 e. The summed E-state index contributed by atoms with van der Waals surface area (Å²) in [6.07, 6.45) is 0. The average molecular weight is 615 g/mol. The van der Waals surface area contributed by atoms with Crippen LogP contribution in [-0.2, 0) is 5.41 Å². The van der Waals surface area contributed by atoms with Crippen LogP contribution in [-0.4, -0.2) is 6.85 Å². The van der Waals surface area contributed by atoms with Crippen LogP contribution in [0.25, 0.3) is 43.8 Å². The first kappa shape index (κ1) is 26.3. The number of benzene rings is 7. The Balaban J connectivity index is 1.33. The fourth-order valence-electron chi connectivity index (χ4n) is 9.15. The molecule has 0 saturated carbocycles. The van der Waals surface area contributed by atoms with Crippen molar-refractivity contribution in [2.24, 2.45) is 0 Å². The van der Waals surface area contributed by atoms with Gasteiger partial charge in [0, 0.05) is 39.1 Å². The van der Waals surface area contributed by atoms with Gasteiger partial charge in [0.15, 0.2) is 0 Å². The van der Waals surface area contributed by atoms with E-state index in [0.29, 0.717) is 0 Å². The smallest absolute Gasteiger partial charge is 0.333 e. The van der Waals surface area contributed by atoms with Gasteiger partial charge in [0.2, 0.25) is 0 Å². The Morgan fingerprint density at radius 1 is 0.583 bits per heavy atom. The lowest BCUT2D eigenvalue weighted by atomic mass is 9.42. The van der Waals surface area contributed by atoms with Crippen LogP contribution in [0.3, 0.4) is 0 Å². The molecule has 1 aromatic heterocycles. The molecule has 226 valence electrons. The molecule has 0 spiro atoms. The highest BCUT2D eigenvalue weighted by atomic mass is 16.3. The van der Waals surface area contributed by atoms with E-state index in [4.69, 9.17) is 4.42 Å². The van der Waals surface area contributed by atoms with Gasteiger partial charge >= 0.3 is 6.85 Å². The molecule has 7 aromatic carbocycles. The van der Waals surface area contributed by atoms with Crippen LogP contribution in [0.15, 0.2) is 138 Å². The molecule has 0 saturated heterocycles. The maximum atomic E-state index is 6.50. The second-order valence-electron chi connectivity index (χ2n) is 14.2. The third-order valence-electron chi connectivity index (χ3n) is 11.2. The summed E-state index contributed by atoms with van der Waals surface area (Å²) in [5.41, 5.74) is 17.2. The molecule has 0 radical (unpaired) electrons. The van der Waals surface area contributed by atoms with Gasteiger partial charge in [0.1, 0.15) is 11.2 Å². The number of hydrogen-bond donors (Lipinski definition) is 0. The number of rotatable bonds is 1. The van der Waals surface area contributed by atoms with Crippen LogP contribution in [0.1, 0.15) is 30.5 Å². The van der Waals surface area contributed by atoms with E-state index in [9.17, 15) is 0 Å². The van der Waals surface area contributed by atoms with Gasteiger partial charge in [-0.15, -0.1) is 0 Å². The van der Waals surface area contributed by atoms with Gasteiger partial charge in [-0.2, -0.15) is 0 Å². The molecule has 0 atom stereocenters. The van der Waals surface area contributed by atoms with Crippen molar-refractivity contribution in [1.82, 2.24) is 0 Å². The van der Waals surface area contributed by atoms with Gasteiger partial charge in [-0.3, -0.25) is 0 Å². The highest BCUT2D eigenvalue weighted by Crippen LogP contribution is 2.55. The molecule has 3 nitrogen and oxygen atoms in total. The third kappa shape index (κ3) is 3.20. The number of furan rings is 1. The molecule has 11 rings (SSSR count). The molecule has 4 heteroatoms. The predicted molar refractivity (Wildman–Crippen MR) is 202 cm³/mol. The molecule has 0 unspecified atom stereocenters. The zero-order valence-electron chi connectivity index (χ0n) is 27.1. The van der Waals surface area contributed by atoms with E-state index >= 15 is 0 Å². The molecular weight excluding hydrogens is 583 g/mol. The summed E-state index contributed by atoms with van der Waals surface area (Å²) < 4.78 is 6.50.